The highest BCUT2D eigenvalue weighted by atomic mass is 35.5. The van der Waals surface area contributed by atoms with Crippen molar-refractivity contribution in [3.05, 3.63) is 22.8 Å². The van der Waals surface area contributed by atoms with E-state index in [2.05, 4.69) is 16.8 Å². The largest absolute Gasteiger partial charge is 0.383 e. The van der Waals surface area contributed by atoms with Gasteiger partial charge in [-0.05, 0) is 18.9 Å². The van der Waals surface area contributed by atoms with Crippen LogP contribution in [0.5, 0.6) is 0 Å². The molecule has 1 aliphatic carbocycles. The average Bonchev–Trinajstić information content (AvgIpc) is 2.87. The van der Waals surface area contributed by atoms with Gasteiger partial charge in [0, 0.05) is 12.1 Å². The van der Waals surface area contributed by atoms with Gasteiger partial charge in [0.1, 0.15) is 5.82 Å². The van der Waals surface area contributed by atoms with Gasteiger partial charge in [0.25, 0.3) is 0 Å². The molecule has 0 amide bonds. The second kappa shape index (κ2) is 3.27. The summed E-state index contributed by atoms with van der Waals surface area (Å²) >= 11 is 5.91. The molecule has 0 spiro atoms. The van der Waals surface area contributed by atoms with Crippen LogP contribution in [0.3, 0.4) is 0 Å². The molecule has 2 N–H and O–H groups in total. The number of nitrogens with zero attached hydrogens (tertiary/aromatic N) is 1. The standard InChI is InChI=1S/C10H9ClN2/c11-9-5-6-13-10(12)8(9)4-3-7-1-2-7/h5-7H,1-2H2,(H2,12,13). The first-order chi connectivity index (χ1) is 6.27. The molecular weight excluding hydrogens is 184 g/mol. The summed E-state index contributed by atoms with van der Waals surface area (Å²) in [6, 6.07) is 1.70. The third kappa shape index (κ3) is 1.93. The van der Waals surface area contributed by atoms with Crippen LogP contribution in [-0.4, -0.2) is 4.98 Å². The van der Waals surface area contributed by atoms with Crippen LogP contribution >= 0.6 is 11.6 Å². The molecule has 0 bridgehead atoms. The van der Waals surface area contributed by atoms with Crippen molar-refractivity contribution in [1.29, 1.82) is 0 Å². The minimum absolute atomic E-state index is 0.417. The van der Waals surface area contributed by atoms with Crippen molar-refractivity contribution in [3.63, 3.8) is 0 Å². The minimum Gasteiger partial charge on any atom is -0.383 e. The van der Waals surface area contributed by atoms with Crippen LogP contribution < -0.4 is 5.73 Å². The molecule has 1 aliphatic rings. The number of hydrogen-bond acceptors (Lipinski definition) is 2. The molecule has 0 aromatic carbocycles. The van der Waals surface area contributed by atoms with E-state index in [-0.39, 0.29) is 0 Å². The highest BCUT2D eigenvalue weighted by Crippen LogP contribution is 2.28. The predicted molar refractivity (Wildman–Crippen MR) is 53.3 cm³/mol. The van der Waals surface area contributed by atoms with E-state index >= 15 is 0 Å². The van der Waals surface area contributed by atoms with Crippen molar-refractivity contribution < 1.29 is 0 Å². The maximum absolute atomic E-state index is 5.91. The molecule has 66 valence electrons. The van der Waals surface area contributed by atoms with Crippen molar-refractivity contribution in [3.8, 4) is 11.8 Å². The molecule has 1 aromatic heterocycles. The lowest BCUT2D eigenvalue weighted by atomic mass is 10.2. The number of pyridine rings is 1. The van der Waals surface area contributed by atoms with Gasteiger partial charge in [-0.15, -0.1) is 0 Å². The fourth-order valence-corrected chi connectivity index (χ4v) is 1.18. The number of rotatable bonds is 0. The molecule has 3 heteroatoms. The van der Waals surface area contributed by atoms with Gasteiger partial charge in [-0.2, -0.15) is 0 Å². The van der Waals surface area contributed by atoms with Crippen molar-refractivity contribution in [2.45, 2.75) is 12.8 Å². The van der Waals surface area contributed by atoms with Gasteiger partial charge in [0.2, 0.25) is 0 Å². The second-order valence-corrected chi connectivity index (χ2v) is 3.50. The zero-order chi connectivity index (χ0) is 9.26. The Balaban J connectivity index is 2.33. The lowest BCUT2D eigenvalue weighted by Gasteiger charge is -1.97. The molecule has 0 radical (unpaired) electrons. The van der Waals surface area contributed by atoms with E-state index < -0.39 is 0 Å². The van der Waals surface area contributed by atoms with Gasteiger partial charge in [-0.1, -0.05) is 23.4 Å². The SMILES string of the molecule is Nc1nccc(Cl)c1C#CC1CC1. The van der Waals surface area contributed by atoms with Crippen molar-refractivity contribution >= 4 is 17.4 Å². The highest BCUT2D eigenvalue weighted by Gasteiger charge is 2.18. The number of aromatic nitrogens is 1. The molecule has 1 aromatic rings. The van der Waals surface area contributed by atoms with E-state index in [1.807, 2.05) is 0 Å². The number of anilines is 1. The molecule has 0 aliphatic heterocycles. The average molecular weight is 193 g/mol. The lowest BCUT2D eigenvalue weighted by molar-refractivity contribution is 1.18. The van der Waals surface area contributed by atoms with E-state index in [1.165, 1.54) is 12.8 Å². The number of nitrogen functional groups attached to an aromatic ring is 1. The molecule has 0 atom stereocenters. The molecule has 0 saturated heterocycles. The van der Waals surface area contributed by atoms with Gasteiger partial charge in [-0.3, -0.25) is 0 Å². The monoisotopic (exact) mass is 192 g/mol. The fraction of sp³-hybridized carbons (Fsp3) is 0.300. The van der Waals surface area contributed by atoms with E-state index in [1.54, 1.807) is 12.3 Å². The Bertz CT molecular complexity index is 365. The summed E-state index contributed by atoms with van der Waals surface area (Å²) in [4.78, 5) is 3.93. The smallest absolute Gasteiger partial charge is 0.140 e. The lowest BCUT2D eigenvalue weighted by Crippen LogP contribution is -1.94. The number of halogens is 1. The molecule has 1 heterocycles. The molecule has 1 fully saturated rings. The molecule has 13 heavy (non-hydrogen) atoms. The topological polar surface area (TPSA) is 38.9 Å². The Morgan fingerprint density at radius 3 is 2.92 bits per heavy atom. The van der Waals surface area contributed by atoms with Crippen molar-refractivity contribution in [1.82, 2.24) is 4.98 Å². The Morgan fingerprint density at radius 1 is 1.54 bits per heavy atom. The Hall–Kier alpha value is -1.20. The maximum Gasteiger partial charge on any atom is 0.140 e. The zero-order valence-electron chi connectivity index (χ0n) is 7.05. The Kier molecular flexibility index (Phi) is 2.12. The summed E-state index contributed by atoms with van der Waals surface area (Å²) in [6.07, 6.45) is 3.98. The van der Waals surface area contributed by atoms with Crippen LogP contribution in [0, 0.1) is 17.8 Å². The molecule has 1 saturated carbocycles. The summed E-state index contributed by atoms with van der Waals surface area (Å²) in [5.41, 5.74) is 6.29. The summed E-state index contributed by atoms with van der Waals surface area (Å²) < 4.78 is 0. The zero-order valence-corrected chi connectivity index (χ0v) is 7.80. The Labute approximate surface area is 82.1 Å². The van der Waals surface area contributed by atoms with Crippen LogP contribution in [0.1, 0.15) is 18.4 Å². The summed E-state index contributed by atoms with van der Waals surface area (Å²) in [6.45, 7) is 0. The summed E-state index contributed by atoms with van der Waals surface area (Å²) in [5.74, 6) is 7.04. The van der Waals surface area contributed by atoms with Crippen LogP contribution in [0.4, 0.5) is 5.82 Å². The van der Waals surface area contributed by atoms with Crippen molar-refractivity contribution in [2.75, 3.05) is 5.73 Å². The number of hydrogen-bond donors (Lipinski definition) is 1. The Morgan fingerprint density at radius 2 is 2.31 bits per heavy atom. The quantitative estimate of drug-likeness (QED) is 0.640. The summed E-state index contributed by atoms with van der Waals surface area (Å²) in [7, 11) is 0. The minimum atomic E-state index is 0.417. The molecular formula is C10H9ClN2. The first-order valence-electron chi connectivity index (χ1n) is 4.19. The van der Waals surface area contributed by atoms with Crippen LogP contribution in [0.25, 0.3) is 0 Å². The van der Waals surface area contributed by atoms with Gasteiger partial charge in [0.15, 0.2) is 0 Å². The highest BCUT2D eigenvalue weighted by molar-refractivity contribution is 6.32. The summed E-state index contributed by atoms with van der Waals surface area (Å²) in [5, 5.41) is 0.584. The van der Waals surface area contributed by atoms with E-state index in [0.29, 0.717) is 22.3 Å². The van der Waals surface area contributed by atoms with Crippen LogP contribution in [0.15, 0.2) is 12.3 Å². The van der Waals surface area contributed by atoms with E-state index in [4.69, 9.17) is 17.3 Å². The van der Waals surface area contributed by atoms with Crippen LogP contribution in [-0.2, 0) is 0 Å². The van der Waals surface area contributed by atoms with Gasteiger partial charge in [0.05, 0.1) is 10.6 Å². The second-order valence-electron chi connectivity index (χ2n) is 3.10. The van der Waals surface area contributed by atoms with Crippen molar-refractivity contribution in [2.24, 2.45) is 5.92 Å². The normalized spacial score (nSPS) is 14.8. The fourth-order valence-electron chi connectivity index (χ4n) is 0.979. The first kappa shape index (κ1) is 8.40. The maximum atomic E-state index is 5.91. The van der Waals surface area contributed by atoms with Gasteiger partial charge >= 0.3 is 0 Å². The van der Waals surface area contributed by atoms with Crippen LogP contribution in [0.2, 0.25) is 5.02 Å². The number of nitrogens with two attached hydrogens (primary N) is 1. The third-order valence-corrected chi connectivity index (χ3v) is 2.22. The third-order valence-electron chi connectivity index (χ3n) is 1.91. The van der Waals surface area contributed by atoms with E-state index in [9.17, 15) is 0 Å². The van der Waals surface area contributed by atoms with E-state index in [0.717, 1.165) is 0 Å². The molecule has 0 unspecified atom stereocenters. The first-order valence-corrected chi connectivity index (χ1v) is 4.56. The van der Waals surface area contributed by atoms with Gasteiger partial charge in [-0.25, -0.2) is 4.98 Å². The molecule has 2 rings (SSSR count). The van der Waals surface area contributed by atoms with Gasteiger partial charge < -0.3 is 5.73 Å². The molecule has 2 nitrogen and oxygen atoms in total. The predicted octanol–water partition coefficient (Wildman–Crippen LogP) is 2.08.